The van der Waals surface area contributed by atoms with Gasteiger partial charge in [0.1, 0.15) is 11.6 Å². The average molecular weight is 234 g/mol. The maximum Gasteiger partial charge on any atom is 0.133 e. The van der Waals surface area contributed by atoms with Gasteiger partial charge in [-0.3, -0.25) is 0 Å². The van der Waals surface area contributed by atoms with E-state index < -0.39 is 0 Å². The van der Waals surface area contributed by atoms with E-state index in [-0.39, 0.29) is 0 Å². The Morgan fingerprint density at radius 1 is 1.24 bits per heavy atom. The summed E-state index contributed by atoms with van der Waals surface area (Å²) in [6.45, 7) is 2.08. The second-order valence-electron chi connectivity index (χ2n) is 5.77. The van der Waals surface area contributed by atoms with Gasteiger partial charge in [0, 0.05) is 18.5 Å². The van der Waals surface area contributed by atoms with Crippen molar-refractivity contribution < 1.29 is 0 Å². The Hall–Kier alpha value is -0.900. The van der Waals surface area contributed by atoms with E-state index in [1.807, 2.05) is 0 Å². The van der Waals surface area contributed by atoms with Crippen molar-refractivity contribution >= 4 is 0 Å². The fourth-order valence-corrected chi connectivity index (χ4v) is 3.40. The Kier molecular flexibility index (Phi) is 2.90. The van der Waals surface area contributed by atoms with Crippen LogP contribution in [0.3, 0.4) is 0 Å². The summed E-state index contributed by atoms with van der Waals surface area (Å²) in [6, 6.07) is 1.10. The van der Waals surface area contributed by atoms with Crippen LogP contribution in [0.4, 0.5) is 0 Å². The SMILES string of the molecule is Cc1nnc(CC2CC(N)C2)n1C1CCCC1. The molecular formula is C13H22N4. The summed E-state index contributed by atoms with van der Waals surface area (Å²) in [6.07, 6.45) is 8.72. The normalized spacial score (nSPS) is 29.5. The monoisotopic (exact) mass is 234 g/mol. The fourth-order valence-electron chi connectivity index (χ4n) is 3.40. The first-order valence-electron chi connectivity index (χ1n) is 6.90. The van der Waals surface area contributed by atoms with Crippen LogP contribution in [0.5, 0.6) is 0 Å². The minimum Gasteiger partial charge on any atom is -0.328 e. The Morgan fingerprint density at radius 3 is 2.59 bits per heavy atom. The van der Waals surface area contributed by atoms with E-state index in [1.165, 1.54) is 31.5 Å². The third kappa shape index (κ3) is 2.10. The van der Waals surface area contributed by atoms with Crippen LogP contribution in [0.2, 0.25) is 0 Å². The zero-order valence-corrected chi connectivity index (χ0v) is 10.6. The van der Waals surface area contributed by atoms with Crippen LogP contribution < -0.4 is 5.73 Å². The quantitative estimate of drug-likeness (QED) is 0.870. The number of aromatic nitrogens is 3. The van der Waals surface area contributed by atoms with Crippen molar-refractivity contribution in [3.63, 3.8) is 0 Å². The highest BCUT2D eigenvalue weighted by molar-refractivity contribution is 5.01. The zero-order valence-electron chi connectivity index (χ0n) is 10.6. The lowest BCUT2D eigenvalue weighted by Crippen LogP contribution is -2.37. The second-order valence-corrected chi connectivity index (χ2v) is 5.77. The Morgan fingerprint density at radius 2 is 1.94 bits per heavy atom. The van der Waals surface area contributed by atoms with Crippen LogP contribution in [0.15, 0.2) is 0 Å². The highest BCUT2D eigenvalue weighted by Gasteiger charge is 2.29. The molecule has 1 aromatic heterocycles. The van der Waals surface area contributed by atoms with Crippen molar-refractivity contribution in [2.75, 3.05) is 0 Å². The van der Waals surface area contributed by atoms with Crippen molar-refractivity contribution in [3.05, 3.63) is 11.6 Å². The number of aryl methyl sites for hydroxylation is 1. The summed E-state index contributed by atoms with van der Waals surface area (Å²) in [5.74, 6) is 3.04. The van der Waals surface area contributed by atoms with Crippen LogP contribution >= 0.6 is 0 Å². The largest absolute Gasteiger partial charge is 0.328 e. The van der Waals surface area contributed by atoms with E-state index >= 15 is 0 Å². The summed E-state index contributed by atoms with van der Waals surface area (Å²) >= 11 is 0. The second kappa shape index (κ2) is 4.41. The first-order chi connectivity index (χ1) is 8.24. The molecule has 0 amide bonds. The molecule has 0 saturated heterocycles. The summed E-state index contributed by atoms with van der Waals surface area (Å²) in [5, 5.41) is 8.65. The van der Waals surface area contributed by atoms with E-state index in [2.05, 4.69) is 21.7 Å². The first-order valence-corrected chi connectivity index (χ1v) is 6.90. The molecule has 94 valence electrons. The van der Waals surface area contributed by atoms with Crippen LogP contribution in [-0.4, -0.2) is 20.8 Å². The molecule has 0 bridgehead atoms. The lowest BCUT2D eigenvalue weighted by atomic mass is 9.78. The van der Waals surface area contributed by atoms with Crippen LogP contribution in [-0.2, 0) is 6.42 Å². The zero-order chi connectivity index (χ0) is 11.8. The standard InChI is InChI=1S/C13H22N4/c1-9-15-16-13(8-10-6-11(14)7-10)17(9)12-4-2-3-5-12/h10-12H,2-8,14H2,1H3. The highest BCUT2D eigenvalue weighted by atomic mass is 15.3. The van der Waals surface area contributed by atoms with E-state index in [0.29, 0.717) is 12.1 Å². The van der Waals surface area contributed by atoms with Gasteiger partial charge in [-0.2, -0.15) is 0 Å². The summed E-state index contributed by atoms with van der Waals surface area (Å²) < 4.78 is 2.40. The van der Waals surface area contributed by atoms with E-state index in [0.717, 1.165) is 31.0 Å². The lowest BCUT2D eigenvalue weighted by molar-refractivity contribution is 0.256. The van der Waals surface area contributed by atoms with Gasteiger partial charge in [-0.1, -0.05) is 12.8 Å². The van der Waals surface area contributed by atoms with Crippen molar-refractivity contribution in [2.45, 2.75) is 64.0 Å². The average Bonchev–Trinajstić information content (AvgIpc) is 2.86. The summed E-state index contributed by atoms with van der Waals surface area (Å²) in [5.41, 5.74) is 5.85. The molecule has 17 heavy (non-hydrogen) atoms. The molecule has 1 heterocycles. The highest BCUT2D eigenvalue weighted by Crippen LogP contribution is 2.34. The van der Waals surface area contributed by atoms with Gasteiger partial charge < -0.3 is 10.3 Å². The van der Waals surface area contributed by atoms with Crippen LogP contribution in [0.25, 0.3) is 0 Å². The van der Waals surface area contributed by atoms with Crippen molar-refractivity contribution in [2.24, 2.45) is 11.7 Å². The molecule has 0 unspecified atom stereocenters. The number of nitrogens with two attached hydrogens (primary N) is 1. The van der Waals surface area contributed by atoms with Gasteiger partial charge in [-0.05, 0) is 38.5 Å². The predicted octanol–water partition coefficient (Wildman–Crippen LogP) is 1.98. The Balaban J connectivity index is 1.74. The molecule has 0 atom stereocenters. The van der Waals surface area contributed by atoms with Crippen LogP contribution in [0, 0.1) is 12.8 Å². The third-order valence-electron chi connectivity index (χ3n) is 4.37. The smallest absolute Gasteiger partial charge is 0.133 e. The van der Waals surface area contributed by atoms with Crippen molar-refractivity contribution in [3.8, 4) is 0 Å². The van der Waals surface area contributed by atoms with Gasteiger partial charge >= 0.3 is 0 Å². The minimum atomic E-state index is 0.434. The minimum absolute atomic E-state index is 0.434. The molecule has 0 aromatic carbocycles. The molecule has 0 aliphatic heterocycles. The third-order valence-corrected chi connectivity index (χ3v) is 4.37. The van der Waals surface area contributed by atoms with Gasteiger partial charge in [0.2, 0.25) is 0 Å². The van der Waals surface area contributed by atoms with Gasteiger partial charge in [-0.15, -0.1) is 10.2 Å². The molecule has 2 saturated carbocycles. The molecule has 2 aliphatic carbocycles. The number of hydrogen-bond acceptors (Lipinski definition) is 3. The molecule has 2 fully saturated rings. The van der Waals surface area contributed by atoms with Crippen molar-refractivity contribution in [1.29, 1.82) is 0 Å². The van der Waals surface area contributed by atoms with Gasteiger partial charge in [0.15, 0.2) is 0 Å². The van der Waals surface area contributed by atoms with Gasteiger partial charge in [-0.25, -0.2) is 0 Å². The number of nitrogens with zero attached hydrogens (tertiary/aromatic N) is 3. The first kappa shape index (κ1) is 11.2. The number of rotatable bonds is 3. The summed E-state index contributed by atoms with van der Waals surface area (Å²) in [4.78, 5) is 0. The molecule has 2 N–H and O–H groups in total. The molecule has 0 spiro atoms. The van der Waals surface area contributed by atoms with Gasteiger partial charge in [0.05, 0.1) is 0 Å². The molecule has 4 heteroatoms. The Labute approximate surface area is 103 Å². The Bertz CT molecular complexity index is 386. The van der Waals surface area contributed by atoms with E-state index in [4.69, 9.17) is 5.73 Å². The fraction of sp³-hybridized carbons (Fsp3) is 0.846. The predicted molar refractivity (Wildman–Crippen MR) is 66.7 cm³/mol. The van der Waals surface area contributed by atoms with E-state index in [9.17, 15) is 0 Å². The molecule has 2 aliphatic rings. The summed E-state index contributed by atoms with van der Waals surface area (Å²) in [7, 11) is 0. The molecular weight excluding hydrogens is 212 g/mol. The molecule has 0 radical (unpaired) electrons. The molecule has 4 nitrogen and oxygen atoms in total. The molecule has 3 rings (SSSR count). The van der Waals surface area contributed by atoms with Crippen LogP contribution in [0.1, 0.15) is 56.2 Å². The maximum atomic E-state index is 5.85. The van der Waals surface area contributed by atoms with E-state index in [1.54, 1.807) is 0 Å². The lowest BCUT2D eigenvalue weighted by Gasteiger charge is -2.32. The number of hydrogen-bond donors (Lipinski definition) is 1. The topological polar surface area (TPSA) is 56.7 Å². The van der Waals surface area contributed by atoms with Crippen molar-refractivity contribution in [1.82, 2.24) is 14.8 Å². The maximum absolute atomic E-state index is 5.85. The van der Waals surface area contributed by atoms with Gasteiger partial charge in [0.25, 0.3) is 0 Å². The molecule has 1 aromatic rings.